The molecule has 1 aliphatic rings. The maximum atomic E-state index is 3.61. The number of nitrogens with one attached hydrogen (secondary N) is 1. The van der Waals surface area contributed by atoms with Gasteiger partial charge in [0.25, 0.3) is 0 Å². The summed E-state index contributed by atoms with van der Waals surface area (Å²) in [5.41, 5.74) is 0.449. The van der Waals surface area contributed by atoms with E-state index >= 15 is 0 Å². The molecule has 0 aliphatic heterocycles. The number of hydrogen-bond donors (Lipinski definition) is 1. The van der Waals surface area contributed by atoms with Crippen LogP contribution in [0.3, 0.4) is 0 Å². The van der Waals surface area contributed by atoms with Crippen LogP contribution in [0.2, 0.25) is 0 Å². The lowest BCUT2D eigenvalue weighted by Crippen LogP contribution is -2.32. The van der Waals surface area contributed by atoms with Crippen molar-refractivity contribution in [2.45, 2.75) is 53.5 Å². The van der Waals surface area contributed by atoms with E-state index in [-0.39, 0.29) is 0 Å². The Morgan fingerprint density at radius 1 is 1.23 bits per heavy atom. The molecule has 0 aromatic heterocycles. The van der Waals surface area contributed by atoms with E-state index in [1.807, 2.05) is 0 Å². The highest BCUT2D eigenvalue weighted by Crippen LogP contribution is 2.31. The average Bonchev–Trinajstić information content (AvgIpc) is 2.80. The summed E-state index contributed by atoms with van der Waals surface area (Å²) < 4.78 is 0. The van der Waals surface area contributed by atoms with Gasteiger partial charge in [0.15, 0.2) is 0 Å². The van der Waals surface area contributed by atoms with Gasteiger partial charge in [0.1, 0.15) is 0 Å². The Hall–Kier alpha value is -0.0400. The van der Waals surface area contributed by atoms with Crippen molar-refractivity contribution >= 4 is 0 Å². The van der Waals surface area contributed by atoms with Crippen LogP contribution < -0.4 is 5.32 Å². The Bertz CT molecular complexity index is 153. The van der Waals surface area contributed by atoms with Crippen molar-refractivity contribution in [3.63, 3.8) is 0 Å². The first-order valence-electron chi connectivity index (χ1n) is 5.64. The standard InChI is InChI=1S/C12H25N/c1-9(8-13-11-6-7-11)10(2)12(3,4)5/h9-11,13H,6-8H2,1-5H3. The van der Waals surface area contributed by atoms with Crippen molar-refractivity contribution < 1.29 is 0 Å². The average molecular weight is 183 g/mol. The number of rotatable bonds is 4. The summed E-state index contributed by atoms with van der Waals surface area (Å²) >= 11 is 0. The molecule has 78 valence electrons. The van der Waals surface area contributed by atoms with Gasteiger partial charge in [-0.3, -0.25) is 0 Å². The monoisotopic (exact) mass is 183 g/mol. The fraction of sp³-hybridized carbons (Fsp3) is 1.00. The smallest absolute Gasteiger partial charge is 0.00683 e. The maximum absolute atomic E-state index is 3.61. The summed E-state index contributed by atoms with van der Waals surface area (Å²) in [6.07, 6.45) is 2.80. The molecule has 13 heavy (non-hydrogen) atoms. The Morgan fingerprint density at radius 3 is 2.15 bits per heavy atom. The second-order valence-electron chi connectivity index (χ2n) is 5.81. The molecule has 0 spiro atoms. The lowest BCUT2D eigenvalue weighted by Gasteiger charge is -2.32. The fourth-order valence-corrected chi connectivity index (χ4v) is 1.67. The maximum Gasteiger partial charge on any atom is 0.00683 e. The molecule has 0 radical (unpaired) electrons. The minimum absolute atomic E-state index is 0.449. The molecule has 1 rings (SSSR count). The van der Waals surface area contributed by atoms with E-state index in [4.69, 9.17) is 0 Å². The second-order valence-corrected chi connectivity index (χ2v) is 5.81. The van der Waals surface area contributed by atoms with Gasteiger partial charge in [-0.1, -0.05) is 34.6 Å². The van der Waals surface area contributed by atoms with E-state index in [0.717, 1.165) is 17.9 Å². The molecule has 0 saturated heterocycles. The van der Waals surface area contributed by atoms with Gasteiger partial charge in [0.05, 0.1) is 0 Å². The lowest BCUT2D eigenvalue weighted by atomic mass is 9.75. The second kappa shape index (κ2) is 4.00. The summed E-state index contributed by atoms with van der Waals surface area (Å²) in [7, 11) is 0. The van der Waals surface area contributed by atoms with Crippen LogP contribution in [0.25, 0.3) is 0 Å². The van der Waals surface area contributed by atoms with E-state index < -0.39 is 0 Å². The third kappa shape index (κ3) is 3.68. The highest BCUT2D eigenvalue weighted by molar-refractivity contribution is 4.83. The first-order valence-corrected chi connectivity index (χ1v) is 5.64. The lowest BCUT2D eigenvalue weighted by molar-refractivity contribution is 0.184. The third-order valence-corrected chi connectivity index (χ3v) is 3.53. The zero-order valence-corrected chi connectivity index (χ0v) is 9.85. The van der Waals surface area contributed by atoms with E-state index in [1.165, 1.54) is 19.4 Å². The minimum atomic E-state index is 0.449. The molecule has 1 nitrogen and oxygen atoms in total. The summed E-state index contributed by atoms with van der Waals surface area (Å²) in [6.45, 7) is 13.0. The van der Waals surface area contributed by atoms with Gasteiger partial charge in [-0.25, -0.2) is 0 Å². The van der Waals surface area contributed by atoms with Crippen LogP contribution in [0.5, 0.6) is 0 Å². The molecule has 1 aliphatic carbocycles. The van der Waals surface area contributed by atoms with Crippen LogP contribution >= 0.6 is 0 Å². The van der Waals surface area contributed by atoms with Crippen LogP contribution in [-0.4, -0.2) is 12.6 Å². The van der Waals surface area contributed by atoms with Gasteiger partial charge >= 0.3 is 0 Å². The Balaban J connectivity index is 2.23. The highest BCUT2D eigenvalue weighted by Gasteiger charge is 2.27. The zero-order valence-electron chi connectivity index (χ0n) is 9.85. The molecule has 1 fully saturated rings. The molecule has 0 amide bonds. The quantitative estimate of drug-likeness (QED) is 0.706. The van der Waals surface area contributed by atoms with Crippen LogP contribution in [0.4, 0.5) is 0 Å². The van der Waals surface area contributed by atoms with Gasteiger partial charge in [-0.2, -0.15) is 0 Å². The van der Waals surface area contributed by atoms with E-state index in [2.05, 4.69) is 39.9 Å². The van der Waals surface area contributed by atoms with E-state index in [1.54, 1.807) is 0 Å². The Kier molecular flexibility index (Phi) is 3.39. The minimum Gasteiger partial charge on any atom is -0.314 e. The first kappa shape index (κ1) is 11.0. The molecule has 2 atom stereocenters. The van der Waals surface area contributed by atoms with Crippen molar-refractivity contribution in [1.82, 2.24) is 5.32 Å². The Morgan fingerprint density at radius 2 is 1.77 bits per heavy atom. The van der Waals surface area contributed by atoms with Gasteiger partial charge in [0.2, 0.25) is 0 Å². The van der Waals surface area contributed by atoms with Gasteiger partial charge < -0.3 is 5.32 Å². The summed E-state index contributed by atoms with van der Waals surface area (Å²) in [5.74, 6) is 1.58. The molecular formula is C12H25N. The molecule has 0 bridgehead atoms. The van der Waals surface area contributed by atoms with Crippen molar-refractivity contribution in [2.75, 3.05) is 6.54 Å². The molecule has 0 aromatic carbocycles. The topological polar surface area (TPSA) is 12.0 Å². The summed E-state index contributed by atoms with van der Waals surface area (Å²) in [6, 6.07) is 0.856. The van der Waals surface area contributed by atoms with Crippen molar-refractivity contribution in [1.29, 1.82) is 0 Å². The van der Waals surface area contributed by atoms with Gasteiger partial charge in [0, 0.05) is 6.04 Å². The van der Waals surface area contributed by atoms with E-state index in [0.29, 0.717) is 5.41 Å². The molecule has 1 heteroatoms. The summed E-state index contributed by atoms with van der Waals surface area (Å²) in [5, 5.41) is 3.61. The van der Waals surface area contributed by atoms with Crippen molar-refractivity contribution in [2.24, 2.45) is 17.3 Å². The summed E-state index contributed by atoms with van der Waals surface area (Å²) in [4.78, 5) is 0. The van der Waals surface area contributed by atoms with Crippen LogP contribution in [0, 0.1) is 17.3 Å². The van der Waals surface area contributed by atoms with Gasteiger partial charge in [-0.05, 0) is 36.6 Å². The Labute approximate surface area is 83.3 Å². The number of hydrogen-bond acceptors (Lipinski definition) is 1. The molecular weight excluding hydrogens is 158 g/mol. The first-order chi connectivity index (χ1) is 5.91. The predicted octanol–water partition coefficient (Wildman–Crippen LogP) is 3.06. The third-order valence-electron chi connectivity index (χ3n) is 3.53. The molecule has 1 N–H and O–H groups in total. The van der Waals surface area contributed by atoms with E-state index in [9.17, 15) is 0 Å². The van der Waals surface area contributed by atoms with Crippen molar-refractivity contribution in [3.8, 4) is 0 Å². The zero-order chi connectivity index (χ0) is 10.1. The molecule has 1 saturated carbocycles. The van der Waals surface area contributed by atoms with Crippen LogP contribution in [-0.2, 0) is 0 Å². The normalized spacial score (nSPS) is 22.8. The van der Waals surface area contributed by atoms with Crippen LogP contribution in [0.15, 0.2) is 0 Å². The van der Waals surface area contributed by atoms with Crippen LogP contribution in [0.1, 0.15) is 47.5 Å². The molecule has 0 heterocycles. The largest absolute Gasteiger partial charge is 0.314 e. The fourth-order valence-electron chi connectivity index (χ4n) is 1.67. The SMILES string of the molecule is CC(CNC1CC1)C(C)C(C)(C)C. The van der Waals surface area contributed by atoms with Gasteiger partial charge in [-0.15, -0.1) is 0 Å². The molecule has 0 aromatic rings. The molecule has 2 unspecified atom stereocenters. The van der Waals surface area contributed by atoms with Crippen molar-refractivity contribution in [3.05, 3.63) is 0 Å². The predicted molar refractivity (Wildman–Crippen MR) is 58.8 cm³/mol. The highest BCUT2D eigenvalue weighted by atomic mass is 14.9.